The van der Waals surface area contributed by atoms with Gasteiger partial charge in [0.05, 0.1) is 0 Å². The molecule has 4 nitrogen and oxygen atoms in total. The molecule has 0 amide bonds. The van der Waals surface area contributed by atoms with Crippen LogP contribution >= 0.6 is 0 Å². The van der Waals surface area contributed by atoms with Crippen LogP contribution < -0.4 is 10.9 Å². The third-order valence-corrected chi connectivity index (χ3v) is 7.43. The molecular weight excluding hydrogens is 458 g/mol. The lowest BCUT2D eigenvalue weighted by molar-refractivity contribution is 0.232. The normalized spacial score (nSPS) is 12.8. The Morgan fingerprint density at radius 1 is 0.595 bits per heavy atom. The van der Waals surface area contributed by atoms with E-state index < -0.39 is 0 Å². The smallest absolute Gasteiger partial charge is 0.410 e. The molecule has 2 aromatic carbocycles. The molecule has 0 N–H and O–H groups in total. The highest BCUT2D eigenvalue weighted by Crippen LogP contribution is 2.29. The first-order chi connectivity index (χ1) is 17.5. The van der Waals surface area contributed by atoms with E-state index in [0.29, 0.717) is 36.2 Å². The molecule has 0 aliphatic carbocycles. The van der Waals surface area contributed by atoms with Gasteiger partial charge in [0.2, 0.25) is 0 Å². The van der Waals surface area contributed by atoms with Crippen LogP contribution in [0.1, 0.15) is 126 Å². The molecule has 204 valence electrons. The van der Waals surface area contributed by atoms with Crippen molar-refractivity contribution in [2.45, 2.75) is 98.3 Å². The predicted octanol–water partition coefficient (Wildman–Crippen LogP) is 6.72. The van der Waals surface area contributed by atoms with Crippen molar-refractivity contribution in [1.82, 2.24) is 0 Å². The second-order valence-electron chi connectivity index (χ2n) is 11.5. The van der Waals surface area contributed by atoms with Gasteiger partial charge in [0.25, 0.3) is 0 Å². The van der Waals surface area contributed by atoms with Crippen LogP contribution in [0, 0.1) is 0 Å². The van der Waals surface area contributed by atoms with E-state index in [-0.39, 0.29) is 14.2 Å². The Labute approximate surface area is 228 Å². The Balaban J connectivity index is 2.32. The van der Waals surface area contributed by atoms with Crippen molar-refractivity contribution in [3.63, 3.8) is 0 Å². The first-order valence-corrected chi connectivity index (χ1v) is 14.0. The van der Waals surface area contributed by atoms with E-state index in [1.165, 1.54) is 38.7 Å². The summed E-state index contributed by atoms with van der Waals surface area (Å²) in [4.78, 5) is 0. The Kier molecular flexibility index (Phi) is 12.4. The van der Waals surface area contributed by atoms with E-state index in [1.54, 1.807) is 21.3 Å². The van der Waals surface area contributed by atoms with E-state index in [4.69, 9.17) is 18.6 Å². The molecule has 0 saturated heterocycles. The molecule has 0 aliphatic rings. The van der Waals surface area contributed by atoms with E-state index in [2.05, 4.69) is 92.6 Å². The van der Waals surface area contributed by atoms with Gasteiger partial charge in [0.1, 0.15) is 0 Å². The van der Waals surface area contributed by atoms with Crippen LogP contribution in [0.25, 0.3) is 0 Å². The molecule has 0 fully saturated rings. The van der Waals surface area contributed by atoms with Gasteiger partial charge in [-0.1, -0.05) is 92.6 Å². The highest BCUT2D eigenvalue weighted by atomic mass is 16.6. The van der Waals surface area contributed by atoms with Gasteiger partial charge in [-0.15, -0.1) is 0 Å². The SMILES string of the molecule is COB(OC)c1c(C(C)C)cc(C(C)CCOB(OC)c2c(C(C)C)cccc2C(C)C)cc1C(C)C. The minimum Gasteiger partial charge on any atom is -0.410 e. The average Bonchev–Trinajstić information content (AvgIpc) is 2.86. The summed E-state index contributed by atoms with van der Waals surface area (Å²) in [7, 11) is 4.45. The standard InChI is InChI=1S/C31H50B2O4/c1-20(2)26-14-13-15-27(21(3)4)30(26)33(36-12)37-17-16-24(9)25-18-28(22(5)6)31(32(34-10)35-11)29(19-25)23(7)8/h13-15,18-24H,16-17H2,1-12H3. The third-order valence-electron chi connectivity index (χ3n) is 7.43. The molecule has 6 heteroatoms. The molecule has 0 aromatic heterocycles. The number of hydrogen-bond donors (Lipinski definition) is 0. The van der Waals surface area contributed by atoms with Crippen molar-refractivity contribution in [3.8, 4) is 0 Å². The summed E-state index contributed by atoms with van der Waals surface area (Å²) >= 11 is 0. The minimum absolute atomic E-state index is 0.343. The minimum atomic E-state index is -0.368. The second kappa shape index (κ2) is 14.5. The van der Waals surface area contributed by atoms with E-state index in [1.807, 2.05) is 0 Å². The van der Waals surface area contributed by atoms with E-state index in [0.717, 1.165) is 6.42 Å². The molecule has 1 atom stereocenters. The molecule has 37 heavy (non-hydrogen) atoms. The van der Waals surface area contributed by atoms with Gasteiger partial charge in [-0.25, -0.2) is 0 Å². The summed E-state index contributed by atoms with van der Waals surface area (Å²) in [6.07, 6.45) is 0.910. The monoisotopic (exact) mass is 508 g/mol. The van der Waals surface area contributed by atoms with Crippen molar-refractivity contribution in [3.05, 3.63) is 58.1 Å². The fourth-order valence-electron chi connectivity index (χ4n) is 5.24. The fraction of sp³-hybridized carbons (Fsp3) is 0.613. The van der Waals surface area contributed by atoms with Gasteiger partial charge in [-0.05, 0) is 74.8 Å². The maximum atomic E-state index is 6.44. The molecule has 0 aliphatic heterocycles. The van der Waals surface area contributed by atoms with Gasteiger partial charge < -0.3 is 18.6 Å². The molecule has 0 heterocycles. The molecule has 0 radical (unpaired) electrons. The molecule has 0 bridgehead atoms. The third kappa shape index (κ3) is 7.72. The van der Waals surface area contributed by atoms with E-state index >= 15 is 0 Å². The number of benzene rings is 2. The summed E-state index contributed by atoms with van der Waals surface area (Å²) < 4.78 is 23.8. The lowest BCUT2D eigenvalue weighted by atomic mass is 9.67. The maximum Gasteiger partial charge on any atom is 0.494 e. The Hall–Kier alpha value is -1.59. The molecular formula is C31H50B2O4. The maximum absolute atomic E-state index is 6.44. The molecule has 2 aromatic rings. The summed E-state index contributed by atoms with van der Waals surface area (Å²) in [5, 5.41) is 0. The lowest BCUT2D eigenvalue weighted by Gasteiger charge is -2.26. The first-order valence-electron chi connectivity index (χ1n) is 14.0. The zero-order chi connectivity index (χ0) is 27.9. The average molecular weight is 508 g/mol. The number of rotatable bonds is 14. The predicted molar refractivity (Wildman–Crippen MR) is 160 cm³/mol. The summed E-state index contributed by atoms with van der Waals surface area (Å²) in [6.45, 7) is 20.8. The van der Waals surface area contributed by atoms with Crippen LogP contribution in [-0.2, 0) is 18.6 Å². The zero-order valence-electron chi connectivity index (χ0n) is 25.5. The summed E-state index contributed by atoms with van der Waals surface area (Å²) in [6, 6.07) is 11.3. The molecule has 0 saturated carbocycles. The Bertz CT molecular complexity index is 928. The van der Waals surface area contributed by atoms with Crippen molar-refractivity contribution >= 4 is 25.2 Å². The lowest BCUT2D eigenvalue weighted by Crippen LogP contribution is -2.42. The quantitative estimate of drug-likeness (QED) is 0.266. The van der Waals surface area contributed by atoms with Gasteiger partial charge >= 0.3 is 14.2 Å². The van der Waals surface area contributed by atoms with Gasteiger partial charge in [-0.2, -0.15) is 0 Å². The van der Waals surface area contributed by atoms with Crippen LogP contribution in [0.4, 0.5) is 0 Å². The van der Waals surface area contributed by atoms with Crippen LogP contribution in [0.5, 0.6) is 0 Å². The van der Waals surface area contributed by atoms with Crippen LogP contribution in [0.2, 0.25) is 0 Å². The molecule has 0 spiro atoms. The Morgan fingerprint density at radius 2 is 1.00 bits per heavy atom. The topological polar surface area (TPSA) is 36.9 Å². The van der Waals surface area contributed by atoms with Crippen LogP contribution in [0.3, 0.4) is 0 Å². The number of hydrogen-bond acceptors (Lipinski definition) is 4. The van der Waals surface area contributed by atoms with Crippen molar-refractivity contribution in [2.75, 3.05) is 27.9 Å². The molecule has 1 unspecified atom stereocenters. The Morgan fingerprint density at radius 3 is 1.38 bits per heavy atom. The van der Waals surface area contributed by atoms with Crippen LogP contribution in [-0.4, -0.2) is 42.2 Å². The van der Waals surface area contributed by atoms with Gasteiger partial charge in [0, 0.05) is 27.9 Å². The second-order valence-corrected chi connectivity index (χ2v) is 11.5. The largest absolute Gasteiger partial charge is 0.494 e. The fourth-order valence-corrected chi connectivity index (χ4v) is 5.24. The van der Waals surface area contributed by atoms with Gasteiger partial charge in [0.15, 0.2) is 0 Å². The molecule has 2 rings (SSSR count). The van der Waals surface area contributed by atoms with E-state index in [9.17, 15) is 0 Å². The summed E-state index contributed by atoms with van der Waals surface area (Å²) in [5.74, 6) is 1.88. The van der Waals surface area contributed by atoms with Crippen molar-refractivity contribution < 1.29 is 18.6 Å². The first kappa shape index (κ1) is 31.6. The van der Waals surface area contributed by atoms with Crippen LogP contribution in [0.15, 0.2) is 30.3 Å². The summed E-state index contributed by atoms with van der Waals surface area (Å²) in [5.41, 5.74) is 8.90. The highest BCUT2D eigenvalue weighted by Gasteiger charge is 2.30. The van der Waals surface area contributed by atoms with Crippen molar-refractivity contribution in [1.29, 1.82) is 0 Å². The zero-order valence-corrected chi connectivity index (χ0v) is 25.5. The highest BCUT2D eigenvalue weighted by molar-refractivity contribution is 6.63. The van der Waals surface area contributed by atoms with Gasteiger partial charge in [-0.3, -0.25) is 0 Å². The van der Waals surface area contributed by atoms with Crippen molar-refractivity contribution in [2.24, 2.45) is 0 Å².